The Morgan fingerprint density at radius 2 is 2.23 bits per heavy atom. The molecule has 0 aliphatic carbocycles. The van der Waals surface area contributed by atoms with Gasteiger partial charge in [-0.2, -0.15) is 0 Å². The first-order chi connectivity index (χ1) is 10.7. The van der Waals surface area contributed by atoms with E-state index in [4.69, 9.17) is 4.74 Å². The minimum absolute atomic E-state index is 0.277. The Labute approximate surface area is 129 Å². The third kappa shape index (κ3) is 2.94. The van der Waals surface area contributed by atoms with Crippen molar-refractivity contribution in [3.05, 3.63) is 58.9 Å². The Morgan fingerprint density at radius 1 is 1.36 bits per heavy atom. The van der Waals surface area contributed by atoms with Gasteiger partial charge < -0.3 is 9.84 Å². The Kier molecular flexibility index (Phi) is 4.06. The van der Waals surface area contributed by atoms with Gasteiger partial charge in [-0.1, -0.05) is 6.07 Å². The van der Waals surface area contributed by atoms with Crippen LogP contribution in [-0.4, -0.2) is 34.6 Å². The van der Waals surface area contributed by atoms with Crippen molar-refractivity contribution in [2.24, 2.45) is 0 Å². The number of aromatic carboxylic acids is 1. The molecule has 114 valence electrons. The van der Waals surface area contributed by atoms with Gasteiger partial charge in [0.25, 0.3) is 0 Å². The maximum absolute atomic E-state index is 11.3. The van der Waals surface area contributed by atoms with E-state index >= 15 is 0 Å². The Bertz CT molecular complexity index is 700. The molecule has 0 fully saturated rings. The second kappa shape index (κ2) is 6.15. The van der Waals surface area contributed by atoms with Crippen molar-refractivity contribution in [3.63, 3.8) is 0 Å². The molecule has 0 atom stereocenters. The van der Waals surface area contributed by atoms with Crippen LogP contribution in [0, 0.1) is 0 Å². The lowest BCUT2D eigenvalue weighted by Crippen LogP contribution is -2.31. The zero-order valence-corrected chi connectivity index (χ0v) is 12.5. The number of hydrogen-bond acceptors (Lipinski definition) is 4. The highest BCUT2D eigenvalue weighted by molar-refractivity contribution is 5.88. The Hall–Kier alpha value is -2.40. The van der Waals surface area contributed by atoms with Gasteiger partial charge in [0.1, 0.15) is 5.75 Å². The number of nitrogens with zero attached hydrogens (tertiary/aromatic N) is 2. The number of pyridine rings is 1. The maximum Gasteiger partial charge on any atom is 0.337 e. The molecule has 5 heteroatoms. The molecule has 0 saturated heterocycles. The first-order valence-electron chi connectivity index (χ1n) is 7.22. The average Bonchev–Trinajstić information content (AvgIpc) is 2.54. The second-order valence-corrected chi connectivity index (χ2v) is 5.40. The summed E-state index contributed by atoms with van der Waals surface area (Å²) in [5, 5.41) is 9.25. The number of hydrogen-bond donors (Lipinski definition) is 1. The van der Waals surface area contributed by atoms with Gasteiger partial charge in [0.2, 0.25) is 0 Å². The summed E-state index contributed by atoms with van der Waals surface area (Å²) in [6, 6.07) is 9.40. The van der Waals surface area contributed by atoms with Crippen molar-refractivity contribution >= 4 is 5.97 Å². The lowest BCUT2D eigenvalue weighted by molar-refractivity contribution is 0.0693. The summed E-state index contributed by atoms with van der Waals surface area (Å²) in [6.07, 6.45) is 2.59. The van der Waals surface area contributed by atoms with Crippen LogP contribution in [-0.2, 0) is 19.5 Å². The number of ether oxygens (including phenoxy) is 1. The van der Waals surface area contributed by atoms with Crippen molar-refractivity contribution in [1.29, 1.82) is 0 Å². The molecule has 22 heavy (non-hydrogen) atoms. The van der Waals surface area contributed by atoms with Crippen molar-refractivity contribution in [1.82, 2.24) is 9.88 Å². The monoisotopic (exact) mass is 298 g/mol. The molecule has 1 N–H and O–H groups in total. The molecule has 3 rings (SSSR count). The van der Waals surface area contributed by atoms with Gasteiger partial charge >= 0.3 is 5.97 Å². The third-order valence-corrected chi connectivity index (χ3v) is 4.00. The topological polar surface area (TPSA) is 62.7 Å². The first-order valence-corrected chi connectivity index (χ1v) is 7.22. The van der Waals surface area contributed by atoms with Crippen LogP contribution in [0.3, 0.4) is 0 Å². The highest BCUT2D eigenvalue weighted by atomic mass is 16.5. The van der Waals surface area contributed by atoms with Crippen molar-refractivity contribution in [2.45, 2.75) is 19.5 Å². The number of benzene rings is 1. The van der Waals surface area contributed by atoms with E-state index in [1.807, 2.05) is 6.07 Å². The molecule has 5 nitrogen and oxygen atoms in total. The summed E-state index contributed by atoms with van der Waals surface area (Å²) in [7, 11) is 1.66. The summed E-state index contributed by atoms with van der Waals surface area (Å²) in [5.74, 6) is -0.0770. The molecular weight excluding hydrogens is 280 g/mol. The van der Waals surface area contributed by atoms with Gasteiger partial charge in [0, 0.05) is 25.8 Å². The van der Waals surface area contributed by atoms with Crippen molar-refractivity contribution in [3.8, 4) is 5.75 Å². The van der Waals surface area contributed by atoms with Crippen molar-refractivity contribution < 1.29 is 14.6 Å². The predicted molar refractivity (Wildman–Crippen MR) is 82.0 cm³/mol. The molecule has 1 aliphatic heterocycles. The van der Waals surface area contributed by atoms with Gasteiger partial charge in [-0.3, -0.25) is 9.88 Å². The minimum Gasteiger partial charge on any atom is -0.497 e. The van der Waals surface area contributed by atoms with Gasteiger partial charge in [0.05, 0.1) is 18.4 Å². The van der Waals surface area contributed by atoms with E-state index in [0.29, 0.717) is 12.2 Å². The number of carbonyl (C=O) groups is 1. The SMILES string of the molecule is COc1ccc2c(c1)CN(Cc1ncccc1C(=O)O)CC2. The summed E-state index contributed by atoms with van der Waals surface area (Å²) in [5.41, 5.74) is 3.45. The summed E-state index contributed by atoms with van der Waals surface area (Å²) in [4.78, 5) is 17.7. The number of carboxylic acids is 1. The molecule has 0 saturated carbocycles. The molecular formula is C17H18N2O3. The fraction of sp³-hybridized carbons (Fsp3) is 0.294. The summed E-state index contributed by atoms with van der Waals surface area (Å²) >= 11 is 0. The zero-order valence-electron chi connectivity index (χ0n) is 12.5. The number of carboxylic acid groups (broad SMARTS) is 1. The molecule has 0 bridgehead atoms. The van der Waals surface area contributed by atoms with E-state index in [1.54, 1.807) is 25.4 Å². The highest BCUT2D eigenvalue weighted by Gasteiger charge is 2.19. The first kappa shape index (κ1) is 14.5. The van der Waals surface area contributed by atoms with Crippen LogP contribution in [0.25, 0.3) is 0 Å². The largest absolute Gasteiger partial charge is 0.497 e. The smallest absolute Gasteiger partial charge is 0.337 e. The Morgan fingerprint density at radius 3 is 3.00 bits per heavy atom. The number of rotatable bonds is 4. The van der Waals surface area contributed by atoms with E-state index in [2.05, 4.69) is 22.0 Å². The summed E-state index contributed by atoms with van der Waals surface area (Å²) < 4.78 is 5.28. The summed E-state index contributed by atoms with van der Waals surface area (Å²) in [6.45, 7) is 2.22. The van der Waals surface area contributed by atoms with Crippen LogP contribution >= 0.6 is 0 Å². The van der Waals surface area contributed by atoms with Crippen LogP contribution in [0.2, 0.25) is 0 Å². The molecule has 1 aromatic carbocycles. The van der Waals surface area contributed by atoms with Crippen LogP contribution in [0.5, 0.6) is 5.75 Å². The lowest BCUT2D eigenvalue weighted by Gasteiger charge is -2.29. The average molecular weight is 298 g/mol. The van der Waals surface area contributed by atoms with Gasteiger partial charge in [-0.25, -0.2) is 4.79 Å². The van der Waals surface area contributed by atoms with Crippen molar-refractivity contribution in [2.75, 3.05) is 13.7 Å². The fourth-order valence-corrected chi connectivity index (χ4v) is 2.82. The fourth-order valence-electron chi connectivity index (χ4n) is 2.82. The predicted octanol–water partition coefficient (Wildman–Crippen LogP) is 2.35. The number of methoxy groups -OCH3 is 1. The third-order valence-electron chi connectivity index (χ3n) is 4.00. The number of aromatic nitrogens is 1. The minimum atomic E-state index is -0.929. The van der Waals surface area contributed by atoms with E-state index in [9.17, 15) is 9.90 Å². The highest BCUT2D eigenvalue weighted by Crippen LogP contribution is 2.24. The van der Waals surface area contributed by atoms with E-state index in [1.165, 1.54) is 11.1 Å². The quantitative estimate of drug-likeness (QED) is 0.938. The standard InChI is InChI=1S/C17H18N2O3/c1-22-14-5-4-12-6-8-19(10-13(12)9-14)11-16-15(17(20)21)3-2-7-18-16/h2-5,7,9H,6,8,10-11H2,1H3,(H,20,21). The molecule has 0 amide bonds. The Balaban J connectivity index is 1.79. The molecule has 0 radical (unpaired) electrons. The number of fused-ring (bicyclic) bond motifs is 1. The molecule has 2 heterocycles. The van der Waals surface area contributed by atoms with Gasteiger partial charge in [-0.05, 0) is 41.8 Å². The van der Waals surface area contributed by atoms with Gasteiger partial charge in [-0.15, -0.1) is 0 Å². The van der Waals surface area contributed by atoms with Crippen LogP contribution < -0.4 is 4.74 Å². The molecule has 0 spiro atoms. The van der Waals surface area contributed by atoms with Gasteiger partial charge in [0.15, 0.2) is 0 Å². The second-order valence-electron chi connectivity index (χ2n) is 5.40. The van der Waals surface area contributed by atoms with E-state index < -0.39 is 5.97 Å². The van der Waals surface area contributed by atoms with E-state index in [0.717, 1.165) is 25.3 Å². The molecule has 2 aromatic rings. The van der Waals surface area contributed by atoms with Crippen LogP contribution in [0.4, 0.5) is 0 Å². The molecule has 1 aromatic heterocycles. The molecule has 0 unspecified atom stereocenters. The maximum atomic E-state index is 11.3. The zero-order chi connectivity index (χ0) is 15.5. The van der Waals surface area contributed by atoms with Crippen LogP contribution in [0.1, 0.15) is 27.2 Å². The van der Waals surface area contributed by atoms with E-state index in [-0.39, 0.29) is 5.56 Å². The normalized spacial score (nSPS) is 14.4. The molecule has 1 aliphatic rings. The lowest BCUT2D eigenvalue weighted by atomic mass is 9.99. The van der Waals surface area contributed by atoms with Crippen LogP contribution in [0.15, 0.2) is 36.5 Å².